The fraction of sp³-hybridized carbons (Fsp3) is 0.394. The van der Waals surface area contributed by atoms with E-state index >= 15 is 9.59 Å². The highest BCUT2D eigenvalue weighted by Crippen LogP contribution is 2.32. The van der Waals surface area contributed by atoms with Gasteiger partial charge in [-0.15, -0.1) is 0 Å². The molecule has 0 heterocycles. The Balaban J connectivity index is 1.23. The molecule has 372 valence electrons. The molecule has 0 saturated carbocycles. The Morgan fingerprint density at radius 3 is 0.944 bits per heavy atom. The molecule has 0 radical (unpaired) electrons. The van der Waals surface area contributed by atoms with Gasteiger partial charge in [-0.05, 0) is 36.8 Å². The summed E-state index contributed by atoms with van der Waals surface area (Å²) < 4.78 is 0. The SMILES string of the molecule is CCCCCCCCCCCCc1ccc(C(=O)c2ccc([Si](C)(c3ccc(C(=O)c4ccccc4)cc3)C(C(=O)c3ccccc3)C(=O)c3ccc(CCCCCCCCCCCC)cc3)cc2)cc1. The second-order valence-electron chi connectivity index (χ2n) is 20.2. The summed E-state index contributed by atoms with van der Waals surface area (Å²) in [5.41, 5.74) is 4.67. The van der Waals surface area contributed by atoms with E-state index in [-0.39, 0.29) is 23.1 Å². The summed E-state index contributed by atoms with van der Waals surface area (Å²) in [4.78, 5) is 58.1. The number of carbonyl (C=O) groups is 4. The topological polar surface area (TPSA) is 68.3 Å². The average Bonchev–Trinajstić information content (AvgIpc) is 3.42. The predicted octanol–water partition coefficient (Wildman–Crippen LogP) is 16.4. The van der Waals surface area contributed by atoms with E-state index in [1.807, 2.05) is 121 Å². The highest BCUT2D eigenvalue weighted by atomic mass is 28.3. The van der Waals surface area contributed by atoms with E-state index in [9.17, 15) is 9.59 Å². The van der Waals surface area contributed by atoms with Gasteiger partial charge in [0.2, 0.25) is 0 Å². The van der Waals surface area contributed by atoms with Crippen LogP contribution >= 0.6 is 0 Å². The lowest BCUT2D eigenvalue weighted by Crippen LogP contribution is -2.62. The minimum Gasteiger partial charge on any atom is -0.294 e. The van der Waals surface area contributed by atoms with Crippen LogP contribution in [0.15, 0.2) is 158 Å². The maximum absolute atomic E-state index is 15.3. The molecule has 5 heteroatoms. The molecular weight excluding hydrogens is 885 g/mol. The lowest BCUT2D eigenvalue weighted by atomic mass is 9.98. The largest absolute Gasteiger partial charge is 0.294 e. The summed E-state index contributed by atoms with van der Waals surface area (Å²) in [7, 11) is -3.42. The molecule has 0 aliphatic heterocycles. The van der Waals surface area contributed by atoms with Gasteiger partial charge in [-0.1, -0.05) is 304 Å². The third kappa shape index (κ3) is 16.1. The monoisotopic (exact) mass is 965 g/mol. The van der Waals surface area contributed by atoms with Gasteiger partial charge in [0.15, 0.2) is 23.1 Å². The zero-order chi connectivity index (χ0) is 50.1. The molecule has 0 amide bonds. The van der Waals surface area contributed by atoms with Crippen LogP contribution in [-0.4, -0.2) is 31.2 Å². The zero-order valence-corrected chi connectivity index (χ0v) is 44.3. The Hall–Kier alpha value is -5.78. The van der Waals surface area contributed by atoms with Crippen LogP contribution in [0, 0.1) is 0 Å². The van der Waals surface area contributed by atoms with Crippen LogP contribution in [0.4, 0.5) is 0 Å². The normalized spacial score (nSPS) is 12.5. The van der Waals surface area contributed by atoms with Crippen LogP contribution in [0.2, 0.25) is 12.1 Å². The molecule has 0 spiro atoms. The summed E-state index contributed by atoms with van der Waals surface area (Å²) in [6, 6.07) is 49.4. The summed E-state index contributed by atoms with van der Waals surface area (Å²) in [6.45, 7) is 6.62. The summed E-state index contributed by atoms with van der Waals surface area (Å²) in [5.74, 6) is -0.621. The minimum atomic E-state index is -3.42. The van der Waals surface area contributed by atoms with Crippen molar-refractivity contribution in [2.45, 2.75) is 167 Å². The molecule has 0 fully saturated rings. The van der Waals surface area contributed by atoms with E-state index < -0.39 is 13.6 Å². The van der Waals surface area contributed by atoms with Crippen LogP contribution in [0.1, 0.15) is 206 Å². The zero-order valence-electron chi connectivity index (χ0n) is 43.3. The van der Waals surface area contributed by atoms with E-state index in [1.54, 1.807) is 12.1 Å². The van der Waals surface area contributed by atoms with Crippen LogP contribution < -0.4 is 10.4 Å². The lowest BCUT2D eigenvalue weighted by molar-refractivity contribution is 0.0889. The van der Waals surface area contributed by atoms with Gasteiger partial charge < -0.3 is 0 Å². The Kier molecular flexibility index (Phi) is 22.7. The fourth-order valence-electron chi connectivity index (χ4n) is 10.2. The lowest BCUT2D eigenvalue weighted by Gasteiger charge is -2.35. The fourth-order valence-corrected chi connectivity index (χ4v) is 14.3. The molecule has 2 unspecified atom stereocenters. The van der Waals surface area contributed by atoms with Crippen LogP contribution in [-0.2, 0) is 12.8 Å². The maximum atomic E-state index is 15.3. The highest BCUT2D eigenvalue weighted by Gasteiger charge is 2.49. The first kappa shape index (κ1) is 54.5. The number of carbonyl (C=O) groups excluding carboxylic acids is 4. The summed E-state index contributed by atoms with van der Waals surface area (Å²) in [6.07, 6.45) is 27.8. The quantitative estimate of drug-likeness (QED) is 0.0178. The Morgan fingerprint density at radius 1 is 0.324 bits per heavy atom. The van der Waals surface area contributed by atoms with Crippen molar-refractivity contribution in [1.82, 2.24) is 0 Å². The average molecular weight is 965 g/mol. The smallest absolute Gasteiger partial charge is 0.193 e. The van der Waals surface area contributed by atoms with Crippen LogP contribution in [0.25, 0.3) is 0 Å². The van der Waals surface area contributed by atoms with E-state index in [2.05, 4.69) is 44.7 Å². The third-order valence-electron chi connectivity index (χ3n) is 14.8. The van der Waals surface area contributed by atoms with Crippen molar-refractivity contribution in [2.24, 2.45) is 0 Å². The van der Waals surface area contributed by atoms with Gasteiger partial charge in [-0.3, -0.25) is 19.2 Å². The molecule has 0 aromatic heterocycles. The van der Waals surface area contributed by atoms with Crippen LogP contribution in [0.5, 0.6) is 0 Å². The van der Waals surface area contributed by atoms with E-state index in [1.165, 1.54) is 127 Å². The molecule has 0 saturated heterocycles. The van der Waals surface area contributed by atoms with Gasteiger partial charge in [0.1, 0.15) is 8.07 Å². The predicted molar refractivity (Wildman–Crippen MR) is 300 cm³/mol. The van der Waals surface area contributed by atoms with Crippen molar-refractivity contribution >= 4 is 41.6 Å². The van der Waals surface area contributed by atoms with E-state index in [4.69, 9.17) is 0 Å². The Morgan fingerprint density at radius 2 is 0.592 bits per heavy atom. The second-order valence-corrected chi connectivity index (χ2v) is 24.3. The van der Waals surface area contributed by atoms with Gasteiger partial charge in [0.05, 0.1) is 5.54 Å². The Bertz CT molecular complexity index is 2510. The number of unbranched alkanes of at least 4 members (excludes halogenated alkanes) is 18. The molecule has 0 bridgehead atoms. The van der Waals surface area contributed by atoms with Gasteiger partial charge in [0, 0.05) is 33.4 Å². The molecule has 0 N–H and O–H groups in total. The number of ketones is 4. The third-order valence-corrected chi connectivity index (χ3v) is 19.5. The van der Waals surface area contributed by atoms with Crippen molar-refractivity contribution in [1.29, 1.82) is 0 Å². The molecule has 6 rings (SSSR count). The standard InChI is InChI=1S/C66H80O4Si/c1-4-6-8-10-12-14-16-18-20-24-30-52-36-40-56(41-37-52)63(68)58-46-50-61(51-47-58)71(3,60-48-44-57(45-49-60)62(67)54-32-26-22-27-33-54)66(64(69)55-34-28-23-29-35-55)65(70)59-42-38-53(39-43-59)31-25-21-19-17-15-13-11-9-7-5-2/h22-23,26-29,32-51,66H,4-21,24-25,30-31H2,1-3H3. The number of hydrogen-bond acceptors (Lipinski definition) is 4. The first-order chi connectivity index (χ1) is 34.7. The second kappa shape index (κ2) is 29.5. The van der Waals surface area contributed by atoms with Crippen LogP contribution in [0.3, 0.4) is 0 Å². The molecule has 0 aliphatic carbocycles. The number of benzene rings is 6. The number of rotatable bonds is 33. The van der Waals surface area contributed by atoms with Gasteiger partial charge >= 0.3 is 0 Å². The van der Waals surface area contributed by atoms with Crippen molar-refractivity contribution in [3.63, 3.8) is 0 Å². The van der Waals surface area contributed by atoms with E-state index in [0.717, 1.165) is 36.1 Å². The molecule has 71 heavy (non-hydrogen) atoms. The van der Waals surface area contributed by atoms with E-state index in [0.29, 0.717) is 33.4 Å². The highest BCUT2D eigenvalue weighted by molar-refractivity contribution is 7.06. The van der Waals surface area contributed by atoms with Crippen molar-refractivity contribution in [3.05, 3.63) is 202 Å². The Labute approximate surface area is 428 Å². The van der Waals surface area contributed by atoms with Gasteiger partial charge in [-0.2, -0.15) is 0 Å². The maximum Gasteiger partial charge on any atom is 0.193 e. The number of hydrogen-bond donors (Lipinski definition) is 0. The molecular formula is C66H80O4Si. The summed E-state index contributed by atoms with van der Waals surface area (Å²) in [5, 5.41) is 1.70. The van der Waals surface area contributed by atoms with Crippen molar-refractivity contribution in [3.8, 4) is 0 Å². The molecule has 0 aliphatic rings. The number of Topliss-reactive ketones (excluding diaryl/α,β-unsaturated/α-hetero) is 2. The van der Waals surface area contributed by atoms with Crippen molar-refractivity contribution < 1.29 is 19.2 Å². The molecule has 4 nitrogen and oxygen atoms in total. The molecule has 2 atom stereocenters. The van der Waals surface area contributed by atoms with Crippen molar-refractivity contribution in [2.75, 3.05) is 0 Å². The first-order valence-electron chi connectivity index (χ1n) is 27.4. The van der Waals surface area contributed by atoms with Gasteiger partial charge in [-0.25, -0.2) is 0 Å². The first-order valence-corrected chi connectivity index (χ1v) is 30.0. The number of aryl methyl sites for hydroxylation is 2. The molecule has 6 aromatic carbocycles. The van der Waals surface area contributed by atoms with Gasteiger partial charge in [0.25, 0.3) is 0 Å². The minimum absolute atomic E-state index is 0.0694. The molecule has 6 aromatic rings. The summed E-state index contributed by atoms with van der Waals surface area (Å²) >= 11 is 0.